The summed E-state index contributed by atoms with van der Waals surface area (Å²) in [7, 11) is 0. The average Bonchev–Trinajstić information content (AvgIpc) is 2.80. The lowest BCUT2D eigenvalue weighted by atomic mass is 9.54. The highest BCUT2D eigenvalue weighted by atomic mass is 16.1. The van der Waals surface area contributed by atoms with E-state index in [0.29, 0.717) is 19.3 Å². The molecule has 2 aliphatic carbocycles. The topological polar surface area (TPSA) is 47.0 Å². The van der Waals surface area contributed by atoms with E-state index < -0.39 is 5.41 Å². The van der Waals surface area contributed by atoms with Crippen molar-refractivity contribution in [2.24, 2.45) is 0 Å². The van der Waals surface area contributed by atoms with Crippen molar-refractivity contribution >= 4 is 12.1 Å². The summed E-state index contributed by atoms with van der Waals surface area (Å²) in [4.78, 5) is 28.6. The number of ketones is 1. The molecule has 1 aromatic carbocycles. The lowest BCUT2D eigenvalue weighted by Crippen LogP contribution is -2.46. The van der Waals surface area contributed by atoms with Gasteiger partial charge in [-0.05, 0) is 24.1 Å². The Balaban J connectivity index is 2.14. The molecule has 23 heavy (non-hydrogen) atoms. The molecule has 4 rings (SSSR count). The maximum atomic E-state index is 12.5. The molecule has 2 aliphatic rings. The van der Waals surface area contributed by atoms with Crippen LogP contribution >= 0.6 is 0 Å². The van der Waals surface area contributed by atoms with Crippen molar-refractivity contribution < 1.29 is 9.59 Å². The van der Waals surface area contributed by atoms with Gasteiger partial charge < -0.3 is 4.79 Å². The Morgan fingerprint density at radius 3 is 2.83 bits per heavy atom. The van der Waals surface area contributed by atoms with Crippen molar-refractivity contribution in [3.8, 4) is 11.3 Å². The molecule has 1 saturated carbocycles. The summed E-state index contributed by atoms with van der Waals surface area (Å²) in [6, 6.07) is 10.3. The van der Waals surface area contributed by atoms with Gasteiger partial charge in [0.15, 0.2) is 0 Å². The Kier molecular flexibility index (Phi) is 2.87. The second-order valence-electron chi connectivity index (χ2n) is 7.13. The molecule has 0 N–H and O–H groups in total. The minimum Gasteiger partial charge on any atom is -0.303 e. The number of hydrogen-bond acceptors (Lipinski definition) is 3. The monoisotopic (exact) mass is 305 g/mol. The Morgan fingerprint density at radius 2 is 2.04 bits per heavy atom. The van der Waals surface area contributed by atoms with Gasteiger partial charge in [0.25, 0.3) is 0 Å². The molecular formula is C20H19NO2. The summed E-state index contributed by atoms with van der Waals surface area (Å²) in [6.07, 6.45) is 4.03. The molecule has 116 valence electrons. The van der Waals surface area contributed by atoms with Crippen LogP contribution in [0, 0.1) is 6.92 Å². The molecule has 3 nitrogen and oxygen atoms in total. The predicted molar refractivity (Wildman–Crippen MR) is 88.4 cm³/mol. The predicted octanol–water partition coefficient (Wildman–Crippen LogP) is 3.52. The molecule has 3 heteroatoms. The molecule has 1 heterocycles. The van der Waals surface area contributed by atoms with Crippen LogP contribution in [0.3, 0.4) is 0 Å². The zero-order chi connectivity index (χ0) is 16.2. The number of benzene rings is 1. The van der Waals surface area contributed by atoms with Crippen molar-refractivity contribution in [2.45, 2.75) is 43.9 Å². The van der Waals surface area contributed by atoms with Crippen LogP contribution in [0.15, 0.2) is 36.5 Å². The summed E-state index contributed by atoms with van der Waals surface area (Å²) >= 11 is 0. The minimum atomic E-state index is -0.462. The molecule has 0 radical (unpaired) electrons. The van der Waals surface area contributed by atoms with Gasteiger partial charge in [-0.3, -0.25) is 9.78 Å². The molecule has 0 spiro atoms. The van der Waals surface area contributed by atoms with Crippen LogP contribution in [0.4, 0.5) is 0 Å². The Labute approximate surface area is 135 Å². The third kappa shape index (κ3) is 1.68. The van der Waals surface area contributed by atoms with Crippen LogP contribution in [0.25, 0.3) is 11.3 Å². The smallest absolute Gasteiger partial charge is 0.134 e. The third-order valence-electron chi connectivity index (χ3n) is 5.89. The molecule has 2 atom stereocenters. The molecule has 2 aromatic rings. The Morgan fingerprint density at radius 1 is 1.22 bits per heavy atom. The first-order valence-electron chi connectivity index (χ1n) is 8.04. The maximum absolute atomic E-state index is 12.5. The molecular weight excluding hydrogens is 286 g/mol. The zero-order valence-electron chi connectivity index (χ0n) is 13.4. The number of hydrogen-bond donors (Lipinski definition) is 0. The maximum Gasteiger partial charge on any atom is 0.134 e. The van der Waals surface area contributed by atoms with Crippen LogP contribution in [0.2, 0.25) is 0 Å². The molecule has 0 bridgehead atoms. The standard InChI is InChI=1S/C20H19NO2/c1-13-5-6-15-17(10-13)19(2)11-14(23)12-20(19,7-9-22)16-4-3-8-21-18(15)16/h3-6,8-10H,7,11-12H2,1-2H3. The van der Waals surface area contributed by atoms with E-state index in [-0.39, 0.29) is 11.2 Å². The van der Waals surface area contributed by atoms with E-state index in [1.807, 2.05) is 12.1 Å². The second kappa shape index (κ2) is 4.60. The number of aryl methyl sites for hydroxylation is 1. The molecule has 0 saturated heterocycles. The van der Waals surface area contributed by atoms with Gasteiger partial charge in [0, 0.05) is 41.9 Å². The summed E-state index contributed by atoms with van der Waals surface area (Å²) in [5.74, 6) is 0.235. The van der Waals surface area contributed by atoms with Gasteiger partial charge in [0.05, 0.1) is 5.69 Å². The average molecular weight is 305 g/mol. The quantitative estimate of drug-likeness (QED) is 0.798. The van der Waals surface area contributed by atoms with E-state index in [1.165, 1.54) is 5.56 Å². The van der Waals surface area contributed by atoms with Crippen molar-refractivity contribution in [3.63, 3.8) is 0 Å². The first-order valence-corrected chi connectivity index (χ1v) is 8.04. The highest BCUT2D eigenvalue weighted by Gasteiger charge is 2.60. The van der Waals surface area contributed by atoms with Crippen LogP contribution in [0.1, 0.15) is 42.9 Å². The van der Waals surface area contributed by atoms with Crippen LogP contribution < -0.4 is 0 Å². The van der Waals surface area contributed by atoms with Gasteiger partial charge in [-0.25, -0.2) is 0 Å². The van der Waals surface area contributed by atoms with Crippen molar-refractivity contribution in [3.05, 3.63) is 53.2 Å². The van der Waals surface area contributed by atoms with E-state index in [9.17, 15) is 9.59 Å². The fourth-order valence-electron chi connectivity index (χ4n) is 4.78. The van der Waals surface area contributed by atoms with E-state index in [4.69, 9.17) is 0 Å². The molecule has 0 aliphatic heterocycles. The Hall–Kier alpha value is -2.29. The molecule has 1 aromatic heterocycles. The van der Waals surface area contributed by atoms with Crippen molar-refractivity contribution in [1.82, 2.24) is 4.98 Å². The fraction of sp³-hybridized carbons (Fsp3) is 0.350. The summed E-state index contributed by atoms with van der Waals surface area (Å²) in [6.45, 7) is 4.21. The zero-order valence-corrected chi connectivity index (χ0v) is 13.4. The third-order valence-corrected chi connectivity index (χ3v) is 5.89. The summed E-state index contributed by atoms with van der Waals surface area (Å²) < 4.78 is 0. The number of carbonyl (C=O) groups excluding carboxylic acids is 2. The largest absolute Gasteiger partial charge is 0.303 e. The summed E-state index contributed by atoms with van der Waals surface area (Å²) in [5.41, 5.74) is 4.61. The first kappa shape index (κ1) is 14.3. The SMILES string of the molecule is Cc1ccc2c(c1)C1(C)CC(=O)CC1(CC=O)c1cccnc1-2. The lowest BCUT2D eigenvalue weighted by Gasteiger charge is -2.48. The summed E-state index contributed by atoms with van der Waals surface area (Å²) in [5, 5.41) is 0. The number of Topliss-reactive ketones (excluding diaryl/α,β-unsaturated/α-hetero) is 1. The highest BCUT2D eigenvalue weighted by molar-refractivity contribution is 5.91. The molecule has 2 unspecified atom stereocenters. The fourth-order valence-corrected chi connectivity index (χ4v) is 4.78. The number of fused-ring (bicyclic) bond motifs is 6. The number of pyridine rings is 1. The number of aldehydes is 1. The number of nitrogens with zero attached hydrogens (tertiary/aromatic N) is 1. The van der Waals surface area contributed by atoms with Crippen LogP contribution in [0.5, 0.6) is 0 Å². The molecule has 0 amide bonds. The highest BCUT2D eigenvalue weighted by Crippen LogP contribution is 2.61. The Bertz CT molecular complexity index is 841. The van der Waals surface area contributed by atoms with E-state index in [0.717, 1.165) is 28.7 Å². The van der Waals surface area contributed by atoms with E-state index >= 15 is 0 Å². The lowest BCUT2D eigenvalue weighted by molar-refractivity contribution is -0.117. The van der Waals surface area contributed by atoms with Gasteiger partial charge in [-0.2, -0.15) is 0 Å². The van der Waals surface area contributed by atoms with Gasteiger partial charge in [0.2, 0.25) is 0 Å². The van der Waals surface area contributed by atoms with Gasteiger partial charge >= 0.3 is 0 Å². The van der Waals surface area contributed by atoms with E-state index in [1.54, 1.807) is 6.20 Å². The van der Waals surface area contributed by atoms with Crippen molar-refractivity contribution in [1.29, 1.82) is 0 Å². The first-order chi connectivity index (χ1) is 11.0. The van der Waals surface area contributed by atoms with E-state index in [2.05, 4.69) is 37.0 Å². The van der Waals surface area contributed by atoms with Crippen LogP contribution in [-0.4, -0.2) is 17.1 Å². The minimum absolute atomic E-state index is 0.235. The van der Waals surface area contributed by atoms with Gasteiger partial charge in [-0.1, -0.05) is 36.8 Å². The normalized spacial score (nSPS) is 28.0. The van der Waals surface area contributed by atoms with Crippen molar-refractivity contribution in [2.75, 3.05) is 0 Å². The van der Waals surface area contributed by atoms with Gasteiger partial charge in [0.1, 0.15) is 12.1 Å². The van der Waals surface area contributed by atoms with Crippen LogP contribution in [-0.2, 0) is 20.4 Å². The number of carbonyl (C=O) groups is 2. The molecule has 1 fully saturated rings. The number of rotatable bonds is 2. The number of aromatic nitrogens is 1. The second-order valence-corrected chi connectivity index (χ2v) is 7.13. The van der Waals surface area contributed by atoms with Gasteiger partial charge in [-0.15, -0.1) is 0 Å².